The Bertz CT molecular complexity index is 1700. The van der Waals surface area contributed by atoms with Crippen LogP contribution in [0.5, 0.6) is 11.5 Å². The smallest absolute Gasteiger partial charge is 0.128 e. The van der Waals surface area contributed by atoms with Gasteiger partial charge in [-0.05, 0) is 115 Å². The second kappa shape index (κ2) is 14.4. The molecule has 47 heavy (non-hydrogen) atoms. The highest BCUT2D eigenvalue weighted by molar-refractivity contribution is 7.67. The van der Waals surface area contributed by atoms with Crippen LogP contribution in [0.15, 0.2) is 91.0 Å². The average Bonchev–Trinajstić information content (AvgIpc) is 3.09. The van der Waals surface area contributed by atoms with E-state index in [4.69, 9.17) is 9.47 Å². The molecule has 0 aromatic heterocycles. The van der Waals surface area contributed by atoms with Gasteiger partial charge in [0.05, 0.1) is 12.2 Å². The molecule has 0 N–H and O–H groups in total. The van der Waals surface area contributed by atoms with Gasteiger partial charge < -0.3 is 9.47 Å². The van der Waals surface area contributed by atoms with Crippen LogP contribution in [0.1, 0.15) is 91.9 Å². The minimum atomic E-state index is -0.468. The SMILES string of the molecule is CC(C)Oc1ccc2ccccc2c1-c1cccc(-c2c(OC(C)C)ccc3ccccc23)c1P(C1CCCCC1)C1CCCCC1. The molecule has 3 heteroatoms. The third-order valence-corrected chi connectivity index (χ3v) is 13.9. The van der Waals surface area contributed by atoms with E-state index in [2.05, 4.69) is 119 Å². The summed E-state index contributed by atoms with van der Waals surface area (Å²) >= 11 is 0. The van der Waals surface area contributed by atoms with E-state index in [9.17, 15) is 0 Å². The Balaban J connectivity index is 1.60. The molecule has 0 unspecified atom stereocenters. The number of rotatable bonds is 9. The van der Waals surface area contributed by atoms with Gasteiger partial charge in [-0.1, -0.05) is 125 Å². The summed E-state index contributed by atoms with van der Waals surface area (Å²) in [5.41, 5.74) is 6.77. The summed E-state index contributed by atoms with van der Waals surface area (Å²) < 4.78 is 13.4. The van der Waals surface area contributed by atoms with Crippen molar-refractivity contribution in [2.24, 2.45) is 0 Å². The van der Waals surface area contributed by atoms with Gasteiger partial charge in [-0.15, -0.1) is 0 Å². The molecule has 2 saturated carbocycles. The molecule has 0 aliphatic heterocycles. The number of fused-ring (bicyclic) bond motifs is 2. The lowest BCUT2D eigenvalue weighted by Crippen LogP contribution is -2.28. The molecular formula is C44H51O2P. The van der Waals surface area contributed by atoms with Gasteiger partial charge in [0, 0.05) is 11.1 Å². The van der Waals surface area contributed by atoms with Crippen molar-refractivity contribution in [2.45, 2.75) is 115 Å². The third kappa shape index (κ3) is 6.69. The molecule has 0 bridgehead atoms. The van der Waals surface area contributed by atoms with E-state index < -0.39 is 7.92 Å². The van der Waals surface area contributed by atoms with Gasteiger partial charge in [-0.2, -0.15) is 0 Å². The maximum absolute atomic E-state index is 6.71. The van der Waals surface area contributed by atoms with Gasteiger partial charge in [0.15, 0.2) is 0 Å². The summed E-state index contributed by atoms with van der Waals surface area (Å²) in [6.07, 6.45) is 13.8. The lowest BCUT2D eigenvalue weighted by molar-refractivity contribution is 0.243. The van der Waals surface area contributed by atoms with Crippen LogP contribution in [0.4, 0.5) is 0 Å². The Morgan fingerprint density at radius 1 is 0.489 bits per heavy atom. The van der Waals surface area contributed by atoms with Crippen molar-refractivity contribution in [2.75, 3.05) is 0 Å². The number of hydrogen-bond donors (Lipinski definition) is 0. The first kappa shape index (κ1) is 32.2. The Hall–Kier alpha value is -3.35. The van der Waals surface area contributed by atoms with Gasteiger partial charge in [0.2, 0.25) is 0 Å². The van der Waals surface area contributed by atoms with Crippen molar-refractivity contribution >= 4 is 34.8 Å². The van der Waals surface area contributed by atoms with Gasteiger partial charge in [0.1, 0.15) is 11.5 Å². The summed E-state index contributed by atoms with van der Waals surface area (Å²) in [5.74, 6) is 1.99. The topological polar surface area (TPSA) is 18.5 Å². The molecular weight excluding hydrogens is 591 g/mol. The summed E-state index contributed by atoms with van der Waals surface area (Å²) in [4.78, 5) is 0. The highest BCUT2D eigenvalue weighted by Crippen LogP contribution is 2.59. The molecule has 244 valence electrons. The monoisotopic (exact) mass is 642 g/mol. The van der Waals surface area contributed by atoms with E-state index in [1.165, 1.54) is 108 Å². The first-order chi connectivity index (χ1) is 23.0. The van der Waals surface area contributed by atoms with E-state index in [0.717, 1.165) is 22.8 Å². The standard InChI is InChI=1S/C44H51O2P/c1-30(2)45-40-28-26-32-16-11-13-22-36(32)42(40)38-24-15-25-39(43-37-23-14-12-17-33(37)27-29-41(43)46-31(3)4)44(38)47(34-18-7-5-8-19-34)35-20-9-6-10-21-35/h11-17,22-31,34-35H,5-10,18-21H2,1-4H3. The van der Waals surface area contributed by atoms with E-state index in [-0.39, 0.29) is 12.2 Å². The highest BCUT2D eigenvalue weighted by atomic mass is 31.1. The summed E-state index contributed by atoms with van der Waals surface area (Å²) in [6, 6.07) is 33.9. The quantitative estimate of drug-likeness (QED) is 0.149. The van der Waals surface area contributed by atoms with Crippen molar-refractivity contribution in [3.63, 3.8) is 0 Å². The van der Waals surface area contributed by atoms with Crippen LogP contribution in [-0.2, 0) is 0 Å². The Morgan fingerprint density at radius 3 is 1.34 bits per heavy atom. The number of ether oxygens (including phenoxy) is 2. The summed E-state index contributed by atoms with van der Waals surface area (Å²) in [5, 5.41) is 6.69. The Morgan fingerprint density at radius 2 is 0.915 bits per heavy atom. The van der Waals surface area contributed by atoms with Crippen LogP contribution in [0.3, 0.4) is 0 Å². The van der Waals surface area contributed by atoms with Crippen LogP contribution >= 0.6 is 7.92 Å². The van der Waals surface area contributed by atoms with Crippen LogP contribution in [0.2, 0.25) is 0 Å². The average molecular weight is 643 g/mol. The fourth-order valence-corrected chi connectivity index (χ4v) is 12.5. The van der Waals surface area contributed by atoms with Gasteiger partial charge in [0.25, 0.3) is 0 Å². The molecule has 0 amide bonds. The van der Waals surface area contributed by atoms with E-state index in [0.29, 0.717) is 0 Å². The number of benzene rings is 5. The molecule has 0 radical (unpaired) electrons. The maximum Gasteiger partial charge on any atom is 0.128 e. The minimum absolute atomic E-state index is 0.0869. The zero-order chi connectivity index (χ0) is 32.3. The van der Waals surface area contributed by atoms with Crippen LogP contribution in [0.25, 0.3) is 43.8 Å². The predicted molar refractivity (Wildman–Crippen MR) is 204 cm³/mol. The lowest BCUT2D eigenvalue weighted by Gasteiger charge is -2.41. The maximum atomic E-state index is 6.71. The second-order valence-electron chi connectivity index (χ2n) is 14.3. The van der Waals surface area contributed by atoms with Crippen molar-refractivity contribution in [3.05, 3.63) is 91.0 Å². The van der Waals surface area contributed by atoms with E-state index >= 15 is 0 Å². The van der Waals surface area contributed by atoms with Crippen LogP contribution < -0.4 is 14.8 Å². The van der Waals surface area contributed by atoms with Crippen molar-refractivity contribution in [3.8, 4) is 33.8 Å². The third-order valence-electron chi connectivity index (χ3n) is 10.3. The zero-order valence-corrected chi connectivity index (χ0v) is 29.7. The normalized spacial score (nSPS) is 16.5. The molecule has 5 aromatic carbocycles. The molecule has 0 heterocycles. The fraction of sp³-hybridized carbons (Fsp3) is 0.409. The molecule has 2 fully saturated rings. The highest BCUT2D eigenvalue weighted by Gasteiger charge is 2.37. The summed E-state index contributed by atoms with van der Waals surface area (Å²) in [7, 11) is -0.468. The molecule has 2 nitrogen and oxygen atoms in total. The molecule has 5 aromatic rings. The second-order valence-corrected chi connectivity index (χ2v) is 17.1. The van der Waals surface area contributed by atoms with Crippen LogP contribution in [0, 0.1) is 0 Å². The first-order valence-electron chi connectivity index (χ1n) is 18.3. The molecule has 0 atom stereocenters. The van der Waals surface area contributed by atoms with Crippen LogP contribution in [-0.4, -0.2) is 23.5 Å². The first-order valence-corrected chi connectivity index (χ1v) is 19.8. The Kier molecular flexibility index (Phi) is 9.88. The minimum Gasteiger partial charge on any atom is -0.490 e. The van der Waals surface area contributed by atoms with E-state index in [1.54, 1.807) is 5.30 Å². The Labute approximate surface area is 283 Å². The zero-order valence-electron chi connectivity index (χ0n) is 28.8. The molecule has 2 aliphatic rings. The van der Waals surface area contributed by atoms with E-state index in [1.807, 2.05) is 0 Å². The fourth-order valence-electron chi connectivity index (χ4n) is 8.37. The molecule has 0 saturated heterocycles. The molecule has 7 rings (SSSR count). The van der Waals surface area contributed by atoms with Gasteiger partial charge in [-0.3, -0.25) is 0 Å². The van der Waals surface area contributed by atoms with Crippen molar-refractivity contribution in [1.29, 1.82) is 0 Å². The van der Waals surface area contributed by atoms with Gasteiger partial charge >= 0.3 is 0 Å². The molecule has 0 spiro atoms. The molecule has 2 aliphatic carbocycles. The lowest BCUT2D eigenvalue weighted by atomic mass is 9.91. The number of hydrogen-bond acceptors (Lipinski definition) is 2. The largest absolute Gasteiger partial charge is 0.490 e. The predicted octanol–water partition coefficient (Wildman–Crippen LogP) is 12.7. The van der Waals surface area contributed by atoms with Crippen molar-refractivity contribution in [1.82, 2.24) is 0 Å². The van der Waals surface area contributed by atoms with Gasteiger partial charge in [-0.25, -0.2) is 0 Å². The summed E-state index contributed by atoms with van der Waals surface area (Å²) in [6.45, 7) is 8.61. The van der Waals surface area contributed by atoms with Crippen molar-refractivity contribution < 1.29 is 9.47 Å².